The number of thiophene rings is 1. The molecule has 0 aliphatic carbocycles. The van der Waals surface area contributed by atoms with Crippen molar-refractivity contribution in [1.29, 1.82) is 5.26 Å². The van der Waals surface area contributed by atoms with E-state index >= 15 is 0 Å². The highest BCUT2D eigenvalue weighted by atomic mass is 32.2. The number of nitrogens with zero attached hydrogens (tertiary/aromatic N) is 3. The van der Waals surface area contributed by atoms with Gasteiger partial charge < -0.3 is 4.90 Å². The smallest absolute Gasteiger partial charge is 0.252 e. The topological polar surface area (TPSA) is 64.4 Å². The summed E-state index contributed by atoms with van der Waals surface area (Å²) in [5.41, 5.74) is 0. The molecule has 118 valence electrons. The molecular formula is C14H23N3O2S2. The zero-order valence-electron chi connectivity index (χ0n) is 12.9. The van der Waals surface area contributed by atoms with Crippen LogP contribution in [0.3, 0.4) is 0 Å². The fraction of sp³-hybridized carbons (Fsp3) is 0.643. The Hall–Kier alpha value is -0.940. The van der Waals surface area contributed by atoms with E-state index in [1.807, 2.05) is 13.0 Å². The lowest BCUT2D eigenvalue weighted by Gasteiger charge is -2.22. The summed E-state index contributed by atoms with van der Waals surface area (Å²) in [4.78, 5) is 2.70. The molecule has 1 rings (SSSR count). The van der Waals surface area contributed by atoms with Crippen LogP contribution in [-0.2, 0) is 10.0 Å². The van der Waals surface area contributed by atoms with Gasteiger partial charge in [-0.25, -0.2) is 8.42 Å². The fourth-order valence-corrected chi connectivity index (χ4v) is 4.85. The molecule has 0 aliphatic heterocycles. The third-order valence-corrected chi connectivity index (χ3v) is 6.85. The van der Waals surface area contributed by atoms with Crippen LogP contribution in [0.1, 0.15) is 32.1 Å². The van der Waals surface area contributed by atoms with Crippen LogP contribution in [0.4, 0.5) is 0 Å². The van der Waals surface area contributed by atoms with Gasteiger partial charge in [0.05, 0.1) is 0 Å². The summed E-state index contributed by atoms with van der Waals surface area (Å²) in [5, 5.41) is 8.82. The molecule has 0 radical (unpaired) electrons. The van der Waals surface area contributed by atoms with Crippen LogP contribution >= 0.6 is 11.3 Å². The Bertz CT molecular complexity index is 571. The van der Waals surface area contributed by atoms with Crippen LogP contribution < -0.4 is 0 Å². The Morgan fingerprint density at radius 2 is 1.81 bits per heavy atom. The summed E-state index contributed by atoms with van der Waals surface area (Å²) < 4.78 is 26.8. The fourth-order valence-electron chi connectivity index (χ4n) is 2.10. The van der Waals surface area contributed by atoms with Crippen molar-refractivity contribution >= 4 is 21.4 Å². The second-order valence-corrected chi connectivity index (χ2v) is 7.86. The number of rotatable bonds is 9. The van der Waals surface area contributed by atoms with E-state index in [-0.39, 0.29) is 4.21 Å². The van der Waals surface area contributed by atoms with Crippen molar-refractivity contribution in [3.05, 3.63) is 17.0 Å². The van der Waals surface area contributed by atoms with E-state index in [0.717, 1.165) is 37.4 Å². The van der Waals surface area contributed by atoms with Crippen LogP contribution in [0.15, 0.2) is 16.3 Å². The molecule has 0 fully saturated rings. The second kappa shape index (κ2) is 8.49. The molecule has 0 saturated carbocycles. The standard InChI is InChI=1S/C14H23N3O2S2/c1-4-16(5-2)10-7-11-17(6-3)21(18,19)14-9-8-13(12-15)20-14/h8-9H,4-7,10-11H2,1-3H3. The minimum absolute atomic E-state index is 0.253. The molecule has 21 heavy (non-hydrogen) atoms. The van der Waals surface area contributed by atoms with Crippen molar-refractivity contribution in [2.45, 2.75) is 31.4 Å². The number of sulfonamides is 1. The first-order chi connectivity index (χ1) is 9.99. The van der Waals surface area contributed by atoms with E-state index in [0.29, 0.717) is 18.0 Å². The SMILES string of the molecule is CCN(CC)CCCN(CC)S(=O)(=O)c1ccc(C#N)s1. The average Bonchev–Trinajstić information content (AvgIpc) is 2.97. The first-order valence-electron chi connectivity index (χ1n) is 7.22. The number of hydrogen-bond donors (Lipinski definition) is 0. The lowest BCUT2D eigenvalue weighted by molar-refractivity contribution is 0.285. The maximum atomic E-state index is 12.5. The Kier molecular flexibility index (Phi) is 7.32. The van der Waals surface area contributed by atoms with Gasteiger partial charge in [0.25, 0.3) is 10.0 Å². The average molecular weight is 329 g/mol. The molecule has 0 unspecified atom stereocenters. The van der Waals surface area contributed by atoms with E-state index in [2.05, 4.69) is 18.7 Å². The van der Waals surface area contributed by atoms with Gasteiger partial charge >= 0.3 is 0 Å². The highest BCUT2D eigenvalue weighted by Crippen LogP contribution is 2.24. The predicted molar refractivity (Wildman–Crippen MR) is 85.9 cm³/mol. The summed E-state index contributed by atoms with van der Waals surface area (Å²) >= 11 is 1.03. The first-order valence-corrected chi connectivity index (χ1v) is 9.47. The van der Waals surface area contributed by atoms with Gasteiger partial charge in [-0.1, -0.05) is 20.8 Å². The molecule has 0 amide bonds. The van der Waals surface area contributed by atoms with Crippen LogP contribution in [0.2, 0.25) is 0 Å². The first kappa shape index (κ1) is 18.1. The summed E-state index contributed by atoms with van der Waals surface area (Å²) in [7, 11) is -3.47. The lowest BCUT2D eigenvalue weighted by atomic mass is 10.3. The molecule has 0 bridgehead atoms. The molecule has 7 heteroatoms. The Labute approximate surface area is 131 Å². The minimum Gasteiger partial charge on any atom is -0.304 e. The maximum Gasteiger partial charge on any atom is 0.252 e. The van der Waals surface area contributed by atoms with Gasteiger partial charge in [-0.3, -0.25) is 0 Å². The summed E-state index contributed by atoms with van der Waals surface area (Å²) in [6.07, 6.45) is 0.811. The van der Waals surface area contributed by atoms with Crippen LogP contribution in [0.5, 0.6) is 0 Å². The summed E-state index contributed by atoms with van der Waals surface area (Å²) in [6, 6.07) is 5.05. The molecule has 0 spiro atoms. The predicted octanol–water partition coefficient (Wildman–Crippen LogP) is 2.36. The van der Waals surface area contributed by atoms with Crippen molar-refractivity contribution < 1.29 is 8.42 Å². The molecule has 1 aromatic heterocycles. The minimum atomic E-state index is -3.47. The quantitative estimate of drug-likeness (QED) is 0.697. The molecule has 0 N–H and O–H groups in total. The van der Waals surface area contributed by atoms with Gasteiger partial charge in [0.2, 0.25) is 0 Å². The van der Waals surface area contributed by atoms with Crippen molar-refractivity contribution in [3.8, 4) is 6.07 Å². The monoisotopic (exact) mass is 329 g/mol. The van der Waals surface area contributed by atoms with Gasteiger partial charge in [0.1, 0.15) is 15.2 Å². The molecule has 0 atom stereocenters. The van der Waals surface area contributed by atoms with Gasteiger partial charge in [0, 0.05) is 13.1 Å². The van der Waals surface area contributed by atoms with E-state index in [4.69, 9.17) is 5.26 Å². The normalized spacial score (nSPS) is 12.0. The summed E-state index contributed by atoms with van der Waals surface area (Å²) in [5.74, 6) is 0. The van der Waals surface area contributed by atoms with E-state index in [1.54, 1.807) is 6.07 Å². The maximum absolute atomic E-state index is 12.5. The van der Waals surface area contributed by atoms with Crippen molar-refractivity contribution in [1.82, 2.24) is 9.21 Å². The van der Waals surface area contributed by atoms with Gasteiger partial charge in [0.15, 0.2) is 0 Å². The molecule has 0 aliphatic rings. The zero-order chi connectivity index (χ0) is 15.9. The van der Waals surface area contributed by atoms with Crippen LogP contribution in [0, 0.1) is 11.3 Å². The van der Waals surface area contributed by atoms with Crippen molar-refractivity contribution in [2.24, 2.45) is 0 Å². The third kappa shape index (κ3) is 4.78. The van der Waals surface area contributed by atoms with Crippen molar-refractivity contribution in [2.75, 3.05) is 32.7 Å². The van der Waals surface area contributed by atoms with Gasteiger partial charge in [-0.05, 0) is 38.2 Å². The molecule has 1 heterocycles. The molecule has 0 aromatic carbocycles. The lowest BCUT2D eigenvalue weighted by Crippen LogP contribution is -2.34. The second-order valence-electron chi connectivity index (χ2n) is 4.61. The summed E-state index contributed by atoms with van der Waals surface area (Å²) in [6.45, 7) is 9.85. The van der Waals surface area contributed by atoms with Crippen molar-refractivity contribution in [3.63, 3.8) is 0 Å². The molecule has 0 saturated heterocycles. The number of nitriles is 1. The molecule has 5 nitrogen and oxygen atoms in total. The number of hydrogen-bond acceptors (Lipinski definition) is 5. The zero-order valence-corrected chi connectivity index (χ0v) is 14.5. The van der Waals surface area contributed by atoms with E-state index in [9.17, 15) is 8.42 Å². The van der Waals surface area contributed by atoms with Gasteiger partial charge in [-0.15, -0.1) is 11.3 Å². The Balaban J connectivity index is 2.72. The largest absolute Gasteiger partial charge is 0.304 e. The Morgan fingerprint density at radius 1 is 1.14 bits per heavy atom. The Morgan fingerprint density at radius 3 is 2.29 bits per heavy atom. The highest BCUT2D eigenvalue weighted by Gasteiger charge is 2.24. The molecule has 1 aromatic rings. The third-order valence-electron chi connectivity index (χ3n) is 3.41. The van der Waals surface area contributed by atoms with E-state index < -0.39 is 10.0 Å². The van der Waals surface area contributed by atoms with E-state index in [1.165, 1.54) is 10.4 Å². The molecular weight excluding hydrogens is 306 g/mol. The van der Waals surface area contributed by atoms with Gasteiger partial charge in [-0.2, -0.15) is 9.57 Å². The highest BCUT2D eigenvalue weighted by molar-refractivity contribution is 7.91. The van der Waals surface area contributed by atoms with Crippen LogP contribution in [0.25, 0.3) is 0 Å². The van der Waals surface area contributed by atoms with Crippen LogP contribution in [-0.4, -0.2) is 50.3 Å².